The van der Waals surface area contributed by atoms with Gasteiger partial charge in [-0.1, -0.05) is 6.07 Å². The molecule has 0 aliphatic carbocycles. The van der Waals surface area contributed by atoms with E-state index in [0.717, 1.165) is 6.07 Å². The smallest absolute Gasteiger partial charge is 0.244 e. The number of morpholine rings is 1. The van der Waals surface area contributed by atoms with Crippen molar-refractivity contribution in [2.75, 3.05) is 26.2 Å². The molecule has 0 bridgehead atoms. The summed E-state index contributed by atoms with van der Waals surface area (Å²) in [5, 5.41) is 8.94. The van der Waals surface area contributed by atoms with Gasteiger partial charge in [-0.05, 0) is 12.1 Å². The quantitative estimate of drug-likeness (QED) is 0.850. The van der Waals surface area contributed by atoms with Crippen LogP contribution in [-0.4, -0.2) is 45.1 Å². The maximum atomic E-state index is 13.5. The van der Waals surface area contributed by atoms with E-state index in [4.69, 9.17) is 15.7 Å². The summed E-state index contributed by atoms with van der Waals surface area (Å²) < 4.78 is 45.0. The Balaban J connectivity index is 2.41. The first-order chi connectivity index (χ1) is 9.50. The first-order valence-electron chi connectivity index (χ1n) is 6.01. The highest BCUT2D eigenvalue weighted by molar-refractivity contribution is 7.89. The zero-order valence-electron chi connectivity index (χ0n) is 10.6. The highest BCUT2D eigenvalue weighted by Gasteiger charge is 2.32. The second-order valence-electron chi connectivity index (χ2n) is 4.32. The lowest BCUT2D eigenvalue weighted by Crippen LogP contribution is -2.48. The Bertz CT molecular complexity index is 642. The van der Waals surface area contributed by atoms with E-state index in [1.807, 2.05) is 0 Å². The summed E-state index contributed by atoms with van der Waals surface area (Å²) in [7, 11) is -3.94. The molecular weight excluding hydrogens is 285 g/mol. The van der Waals surface area contributed by atoms with Crippen LogP contribution in [0.1, 0.15) is 5.56 Å². The molecule has 1 aliphatic heterocycles. The number of benzene rings is 1. The van der Waals surface area contributed by atoms with Crippen molar-refractivity contribution in [2.24, 2.45) is 5.73 Å². The van der Waals surface area contributed by atoms with Crippen molar-refractivity contribution in [3.05, 3.63) is 29.6 Å². The fourth-order valence-corrected chi connectivity index (χ4v) is 3.63. The lowest BCUT2D eigenvalue weighted by atomic mass is 10.2. The summed E-state index contributed by atoms with van der Waals surface area (Å²) in [5.41, 5.74) is 5.00. The zero-order valence-corrected chi connectivity index (χ0v) is 11.4. The standard InChI is InChI=1S/C12H14FN3O3S/c13-11-2-1-3-12(10(11)7-15)20(17,18)16-4-5-19-9(6-14)8-16/h1-3,9H,4-6,8,14H2. The Morgan fingerprint density at radius 1 is 1.55 bits per heavy atom. The molecule has 0 amide bonds. The Labute approximate surface area is 116 Å². The Hall–Kier alpha value is -1.53. The molecule has 6 nitrogen and oxygen atoms in total. The van der Waals surface area contributed by atoms with Crippen LogP contribution in [0, 0.1) is 17.1 Å². The van der Waals surface area contributed by atoms with E-state index in [1.165, 1.54) is 16.4 Å². The number of hydrogen-bond donors (Lipinski definition) is 1. The van der Waals surface area contributed by atoms with E-state index in [0.29, 0.717) is 0 Å². The monoisotopic (exact) mass is 299 g/mol. The minimum atomic E-state index is -3.94. The molecule has 0 aromatic heterocycles. The van der Waals surface area contributed by atoms with Crippen molar-refractivity contribution >= 4 is 10.0 Å². The molecule has 1 saturated heterocycles. The number of sulfonamides is 1. The van der Waals surface area contributed by atoms with E-state index in [1.54, 1.807) is 6.07 Å². The maximum absolute atomic E-state index is 13.5. The summed E-state index contributed by atoms with van der Waals surface area (Å²) in [6.45, 7) is 0.666. The lowest BCUT2D eigenvalue weighted by molar-refractivity contribution is 0.00450. The van der Waals surface area contributed by atoms with Crippen molar-refractivity contribution in [3.63, 3.8) is 0 Å². The van der Waals surface area contributed by atoms with Gasteiger partial charge in [-0.25, -0.2) is 12.8 Å². The third kappa shape index (κ3) is 2.66. The molecular formula is C12H14FN3O3S. The van der Waals surface area contributed by atoms with Crippen molar-refractivity contribution in [2.45, 2.75) is 11.0 Å². The van der Waals surface area contributed by atoms with Crippen molar-refractivity contribution < 1.29 is 17.5 Å². The van der Waals surface area contributed by atoms with Gasteiger partial charge in [-0.3, -0.25) is 0 Å². The molecule has 1 aliphatic rings. The van der Waals surface area contributed by atoms with Gasteiger partial charge in [0.2, 0.25) is 10.0 Å². The number of nitriles is 1. The fourth-order valence-electron chi connectivity index (χ4n) is 2.02. The van der Waals surface area contributed by atoms with Crippen LogP contribution in [0.3, 0.4) is 0 Å². The van der Waals surface area contributed by atoms with E-state index in [9.17, 15) is 12.8 Å². The number of rotatable bonds is 3. The van der Waals surface area contributed by atoms with E-state index >= 15 is 0 Å². The van der Waals surface area contributed by atoms with Gasteiger partial charge in [0.25, 0.3) is 0 Å². The van der Waals surface area contributed by atoms with Crippen LogP contribution < -0.4 is 5.73 Å². The minimum Gasteiger partial charge on any atom is -0.374 e. The largest absolute Gasteiger partial charge is 0.374 e. The van der Waals surface area contributed by atoms with Gasteiger partial charge in [0.15, 0.2) is 0 Å². The maximum Gasteiger partial charge on any atom is 0.244 e. The van der Waals surface area contributed by atoms with Crippen LogP contribution in [-0.2, 0) is 14.8 Å². The number of nitrogens with two attached hydrogens (primary N) is 1. The summed E-state index contributed by atoms with van der Waals surface area (Å²) in [5.74, 6) is -0.850. The lowest BCUT2D eigenvalue weighted by Gasteiger charge is -2.31. The summed E-state index contributed by atoms with van der Waals surface area (Å²) >= 11 is 0. The zero-order chi connectivity index (χ0) is 14.8. The van der Waals surface area contributed by atoms with Crippen LogP contribution >= 0.6 is 0 Å². The van der Waals surface area contributed by atoms with Crippen LogP contribution in [0.2, 0.25) is 0 Å². The third-order valence-electron chi connectivity index (χ3n) is 3.07. The molecule has 108 valence electrons. The number of halogens is 1. The van der Waals surface area contributed by atoms with Crippen LogP contribution in [0.25, 0.3) is 0 Å². The normalized spacial score (nSPS) is 20.6. The molecule has 8 heteroatoms. The molecule has 1 heterocycles. The highest BCUT2D eigenvalue weighted by atomic mass is 32.2. The molecule has 0 spiro atoms. The molecule has 1 atom stereocenters. The Morgan fingerprint density at radius 2 is 2.30 bits per heavy atom. The summed E-state index contributed by atoms with van der Waals surface area (Å²) in [6.07, 6.45) is -0.391. The number of ether oxygens (including phenoxy) is 1. The van der Waals surface area contributed by atoms with Gasteiger partial charge < -0.3 is 10.5 Å². The Kier molecular flexibility index (Phi) is 4.35. The van der Waals surface area contributed by atoms with Gasteiger partial charge in [0.05, 0.1) is 12.7 Å². The fraction of sp³-hybridized carbons (Fsp3) is 0.417. The molecule has 1 aromatic rings. The number of hydrogen-bond acceptors (Lipinski definition) is 5. The summed E-state index contributed by atoms with van der Waals surface area (Å²) in [4.78, 5) is -0.322. The van der Waals surface area contributed by atoms with Crippen LogP contribution in [0.4, 0.5) is 4.39 Å². The molecule has 0 radical (unpaired) electrons. The average molecular weight is 299 g/mol. The predicted molar refractivity (Wildman–Crippen MR) is 68.7 cm³/mol. The molecule has 0 saturated carbocycles. The van der Waals surface area contributed by atoms with Crippen LogP contribution in [0.5, 0.6) is 0 Å². The molecule has 1 unspecified atom stereocenters. The molecule has 20 heavy (non-hydrogen) atoms. The van der Waals surface area contributed by atoms with Crippen molar-refractivity contribution in [1.29, 1.82) is 5.26 Å². The second kappa shape index (κ2) is 5.85. The third-order valence-corrected chi connectivity index (χ3v) is 4.98. The molecule has 2 rings (SSSR count). The number of nitrogens with zero attached hydrogens (tertiary/aromatic N) is 2. The van der Waals surface area contributed by atoms with E-state index in [-0.39, 0.29) is 31.1 Å². The summed E-state index contributed by atoms with van der Waals surface area (Å²) in [6, 6.07) is 5.15. The Morgan fingerprint density at radius 3 is 2.95 bits per heavy atom. The van der Waals surface area contributed by atoms with Gasteiger partial charge in [-0.15, -0.1) is 0 Å². The predicted octanol–water partition coefficient (Wildman–Crippen LogP) is 0.0456. The molecule has 1 aromatic carbocycles. The van der Waals surface area contributed by atoms with E-state index < -0.39 is 27.5 Å². The first-order valence-corrected chi connectivity index (χ1v) is 7.45. The van der Waals surface area contributed by atoms with Gasteiger partial charge in [0, 0.05) is 19.6 Å². The van der Waals surface area contributed by atoms with E-state index in [2.05, 4.69) is 0 Å². The first kappa shape index (κ1) is 14.9. The molecule has 1 fully saturated rings. The second-order valence-corrected chi connectivity index (χ2v) is 6.22. The topological polar surface area (TPSA) is 96.4 Å². The van der Waals surface area contributed by atoms with Gasteiger partial charge >= 0.3 is 0 Å². The van der Waals surface area contributed by atoms with Crippen molar-refractivity contribution in [3.8, 4) is 6.07 Å². The minimum absolute atomic E-state index is 0.0974. The highest BCUT2D eigenvalue weighted by Crippen LogP contribution is 2.23. The average Bonchev–Trinajstić information content (AvgIpc) is 2.47. The SMILES string of the molecule is N#Cc1c(F)cccc1S(=O)(=O)N1CCOC(CN)C1. The molecule has 2 N–H and O–H groups in total. The van der Waals surface area contributed by atoms with Gasteiger partial charge in [0.1, 0.15) is 22.3 Å². The van der Waals surface area contributed by atoms with Gasteiger partial charge in [-0.2, -0.15) is 9.57 Å². The van der Waals surface area contributed by atoms with Crippen molar-refractivity contribution in [1.82, 2.24) is 4.31 Å². The van der Waals surface area contributed by atoms with Crippen LogP contribution in [0.15, 0.2) is 23.1 Å².